The Kier molecular flexibility index (Phi) is 2.28. The second-order valence-corrected chi connectivity index (χ2v) is 4.52. The SMILES string of the molecule is Cc1cc2n(n1)C(c1cccc(N)c1)CCN2. The standard InChI is InChI=1S/C13H16N4/c1-9-7-13-15-6-5-12(17(13)16-9)10-3-2-4-11(14)8-10/h2-4,7-8,12,15H,5-6,14H2,1H3. The topological polar surface area (TPSA) is 55.9 Å². The van der Waals surface area contributed by atoms with Crippen molar-refractivity contribution in [1.29, 1.82) is 0 Å². The Morgan fingerprint density at radius 2 is 2.29 bits per heavy atom. The summed E-state index contributed by atoms with van der Waals surface area (Å²) in [7, 11) is 0. The Morgan fingerprint density at radius 1 is 1.41 bits per heavy atom. The Hall–Kier alpha value is -1.97. The second kappa shape index (κ2) is 3.80. The molecule has 0 radical (unpaired) electrons. The zero-order chi connectivity index (χ0) is 11.8. The van der Waals surface area contributed by atoms with E-state index in [9.17, 15) is 0 Å². The Labute approximate surface area is 100 Å². The molecule has 1 aliphatic heterocycles. The molecule has 2 aromatic rings. The number of nitrogens with zero attached hydrogens (tertiary/aromatic N) is 2. The summed E-state index contributed by atoms with van der Waals surface area (Å²) < 4.78 is 2.06. The van der Waals surface area contributed by atoms with Crippen molar-refractivity contribution in [3.05, 3.63) is 41.6 Å². The van der Waals surface area contributed by atoms with Crippen LogP contribution >= 0.6 is 0 Å². The van der Waals surface area contributed by atoms with Gasteiger partial charge in [0.15, 0.2) is 0 Å². The van der Waals surface area contributed by atoms with Gasteiger partial charge in [0, 0.05) is 18.3 Å². The minimum Gasteiger partial charge on any atom is -0.399 e. The van der Waals surface area contributed by atoms with Crippen LogP contribution in [0.15, 0.2) is 30.3 Å². The molecule has 0 bridgehead atoms. The smallest absolute Gasteiger partial charge is 0.125 e. The number of aryl methyl sites for hydroxylation is 1. The van der Waals surface area contributed by atoms with Crippen LogP contribution in [0.5, 0.6) is 0 Å². The van der Waals surface area contributed by atoms with Gasteiger partial charge in [0.05, 0.1) is 11.7 Å². The quantitative estimate of drug-likeness (QED) is 0.735. The molecular formula is C13H16N4. The first kappa shape index (κ1) is 10.2. The number of hydrogen-bond donors (Lipinski definition) is 2. The maximum atomic E-state index is 5.85. The van der Waals surface area contributed by atoms with Gasteiger partial charge in [0.25, 0.3) is 0 Å². The fourth-order valence-corrected chi connectivity index (χ4v) is 2.42. The molecule has 1 aliphatic rings. The molecule has 1 unspecified atom stereocenters. The van der Waals surface area contributed by atoms with Crippen LogP contribution in [-0.4, -0.2) is 16.3 Å². The molecule has 0 saturated carbocycles. The summed E-state index contributed by atoms with van der Waals surface area (Å²) >= 11 is 0. The maximum absolute atomic E-state index is 5.85. The number of benzene rings is 1. The van der Waals surface area contributed by atoms with E-state index in [0.29, 0.717) is 6.04 Å². The highest BCUT2D eigenvalue weighted by Gasteiger charge is 2.22. The minimum absolute atomic E-state index is 0.295. The van der Waals surface area contributed by atoms with Crippen LogP contribution in [0.3, 0.4) is 0 Å². The van der Waals surface area contributed by atoms with E-state index < -0.39 is 0 Å². The Bertz CT molecular complexity index is 544. The van der Waals surface area contributed by atoms with E-state index in [0.717, 1.165) is 30.2 Å². The molecule has 3 rings (SSSR count). The van der Waals surface area contributed by atoms with Gasteiger partial charge in [-0.15, -0.1) is 0 Å². The molecule has 2 heterocycles. The van der Waals surface area contributed by atoms with E-state index in [1.54, 1.807) is 0 Å². The number of nitrogens with two attached hydrogens (primary N) is 1. The van der Waals surface area contributed by atoms with E-state index >= 15 is 0 Å². The molecule has 1 aromatic heterocycles. The average molecular weight is 228 g/mol. The predicted octanol–water partition coefficient (Wildman–Crippen LogP) is 2.18. The summed E-state index contributed by atoms with van der Waals surface area (Å²) in [6.45, 7) is 2.99. The van der Waals surface area contributed by atoms with E-state index in [-0.39, 0.29) is 0 Å². The summed E-state index contributed by atoms with van der Waals surface area (Å²) in [5.41, 5.74) is 8.93. The van der Waals surface area contributed by atoms with Gasteiger partial charge < -0.3 is 11.1 Å². The van der Waals surface area contributed by atoms with Crippen molar-refractivity contribution in [3.63, 3.8) is 0 Å². The van der Waals surface area contributed by atoms with Gasteiger partial charge in [0.1, 0.15) is 5.82 Å². The number of nitrogen functional groups attached to an aromatic ring is 1. The molecule has 17 heavy (non-hydrogen) atoms. The lowest BCUT2D eigenvalue weighted by Gasteiger charge is -2.26. The molecule has 0 amide bonds. The molecule has 88 valence electrons. The number of anilines is 2. The largest absolute Gasteiger partial charge is 0.399 e. The van der Waals surface area contributed by atoms with Gasteiger partial charge in [-0.05, 0) is 31.0 Å². The second-order valence-electron chi connectivity index (χ2n) is 4.52. The lowest BCUT2D eigenvalue weighted by Crippen LogP contribution is -2.24. The van der Waals surface area contributed by atoms with Crippen molar-refractivity contribution in [3.8, 4) is 0 Å². The van der Waals surface area contributed by atoms with E-state index in [4.69, 9.17) is 5.73 Å². The van der Waals surface area contributed by atoms with Crippen LogP contribution in [0.4, 0.5) is 11.5 Å². The average Bonchev–Trinajstić information content (AvgIpc) is 2.68. The molecule has 0 fully saturated rings. The van der Waals surface area contributed by atoms with Crippen molar-refractivity contribution in [2.75, 3.05) is 17.6 Å². The normalized spacial score (nSPS) is 18.5. The number of rotatable bonds is 1. The van der Waals surface area contributed by atoms with Gasteiger partial charge in [0.2, 0.25) is 0 Å². The van der Waals surface area contributed by atoms with Crippen LogP contribution in [0.1, 0.15) is 23.7 Å². The summed E-state index contributed by atoms with van der Waals surface area (Å²) in [6, 6.07) is 10.5. The number of fused-ring (bicyclic) bond motifs is 1. The molecular weight excluding hydrogens is 212 g/mol. The van der Waals surface area contributed by atoms with E-state index in [1.807, 2.05) is 25.1 Å². The molecule has 4 heteroatoms. The van der Waals surface area contributed by atoms with E-state index in [2.05, 4.69) is 27.2 Å². The Balaban J connectivity index is 2.05. The third kappa shape index (κ3) is 1.75. The van der Waals surface area contributed by atoms with Gasteiger partial charge in [-0.1, -0.05) is 12.1 Å². The fourth-order valence-electron chi connectivity index (χ4n) is 2.42. The third-order valence-corrected chi connectivity index (χ3v) is 3.17. The van der Waals surface area contributed by atoms with Crippen LogP contribution in [0, 0.1) is 6.92 Å². The van der Waals surface area contributed by atoms with Crippen LogP contribution in [0.25, 0.3) is 0 Å². The first-order chi connectivity index (χ1) is 8.24. The highest BCUT2D eigenvalue weighted by Crippen LogP contribution is 2.30. The summed E-state index contributed by atoms with van der Waals surface area (Å²) in [6.07, 6.45) is 1.04. The van der Waals surface area contributed by atoms with Crippen LogP contribution < -0.4 is 11.1 Å². The highest BCUT2D eigenvalue weighted by molar-refractivity contribution is 5.45. The van der Waals surface area contributed by atoms with Crippen molar-refractivity contribution >= 4 is 11.5 Å². The molecule has 1 atom stereocenters. The predicted molar refractivity (Wildman–Crippen MR) is 69.1 cm³/mol. The van der Waals surface area contributed by atoms with Crippen molar-refractivity contribution in [2.45, 2.75) is 19.4 Å². The summed E-state index contributed by atoms with van der Waals surface area (Å²) in [4.78, 5) is 0. The zero-order valence-electron chi connectivity index (χ0n) is 9.85. The molecule has 3 N–H and O–H groups in total. The summed E-state index contributed by atoms with van der Waals surface area (Å²) in [5.74, 6) is 1.10. The number of hydrogen-bond acceptors (Lipinski definition) is 3. The third-order valence-electron chi connectivity index (χ3n) is 3.17. The van der Waals surface area contributed by atoms with Gasteiger partial charge in [-0.3, -0.25) is 0 Å². The lowest BCUT2D eigenvalue weighted by molar-refractivity contribution is 0.480. The van der Waals surface area contributed by atoms with Crippen molar-refractivity contribution in [1.82, 2.24) is 9.78 Å². The Morgan fingerprint density at radius 3 is 3.12 bits per heavy atom. The lowest BCUT2D eigenvalue weighted by atomic mass is 10.0. The molecule has 0 saturated heterocycles. The zero-order valence-corrected chi connectivity index (χ0v) is 9.85. The maximum Gasteiger partial charge on any atom is 0.125 e. The van der Waals surface area contributed by atoms with Crippen molar-refractivity contribution in [2.24, 2.45) is 0 Å². The molecule has 1 aromatic carbocycles. The first-order valence-electron chi connectivity index (χ1n) is 5.89. The van der Waals surface area contributed by atoms with Crippen LogP contribution in [0.2, 0.25) is 0 Å². The number of aromatic nitrogens is 2. The van der Waals surface area contributed by atoms with Crippen LogP contribution in [-0.2, 0) is 0 Å². The monoisotopic (exact) mass is 228 g/mol. The molecule has 0 aliphatic carbocycles. The first-order valence-corrected chi connectivity index (χ1v) is 5.89. The van der Waals surface area contributed by atoms with Gasteiger partial charge in [-0.2, -0.15) is 5.10 Å². The van der Waals surface area contributed by atoms with Gasteiger partial charge >= 0.3 is 0 Å². The summed E-state index contributed by atoms with van der Waals surface area (Å²) in [5, 5.41) is 7.92. The molecule has 0 spiro atoms. The number of nitrogens with one attached hydrogen (secondary N) is 1. The highest BCUT2D eigenvalue weighted by atomic mass is 15.4. The minimum atomic E-state index is 0.295. The van der Waals surface area contributed by atoms with Crippen molar-refractivity contribution < 1.29 is 0 Å². The van der Waals surface area contributed by atoms with E-state index in [1.165, 1.54) is 5.56 Å². The fraction of sp³-hybridized carbons (Fsp3) is 0.308. The van der Waals surface area contributed by atoms with Gasteiger partial charge in [-0.25, -0.2) is 4.68 Å². The molecule has 4 nitrogen and oxygen atoms in total.